The second-order valence-electron chi connectivity index (χ2n) is 4.28. The molecule has 0 aliphatic carbocycles. The van der Waals surface area contributed by atoms with Crippen LogP contribution >= 0.6 is 11.6 Å². The first kappa shape index (κ1) is 14.8. The quantitative estimate of drug-likeness (QED) is 0.781. The lowest BCUT2D eigenvalue weighted by Gasteiger charge is -2.13. The van der Waals surface area contributed by atoms with E-state index in [1.807, 2.05) is 7.05 Å². The molecule has 1 aromatic carbocycles. The molecule has 0 saturated heterocycles. The second-order valence-corrected chi connectivity index (χ2v) is 4.69. The molecule has 0 unspecified atom stereocenters. The molecule has 0 spiro atoms. The van der Waals surface area contributed by atoms with Crippen molar-refractivity contribution in [1.29, 1.82) is 0 Å². The van der Waals surface area contributed by atoms with E-state index in [2.05, 4.69) is 17.1 Å². The van der Waals surface area contributed by atoms with Gasteiger partial charge in [-0.05, 0) is 44.8 Å². The average Bonchev–Trinajstić information content (AvgIpc) is 2.33. The van der Waals surface area contributed by atoms with Gasteiger partial charge in [-0.2, -0.15) is 0 Å². The Labute approximate surface area is 113 Å². The van der Waals surface area contributed by atoms with Gasteiger partial charge in [0.2, 0.25) is 5.91 Å². The lowest BCUT2D eigenvalue weighted by molar-refractivity contribution is -0.116. The van der Waals surface area contributed by atoms with Crippen molar-refractivity contribution in [2.75, 3.05) is 31.2 Å². The minimum atomic E-state index is 0.00113. The average molecular weight is 270 g/mol. The number of nitrogens with one attached hydrogen (secondary N) is 1. The molecule has 0 fully saturated rings. The minimum absolute atomic E-state index is 0.00113. The Morgan fingerprint density at radius 3 is 2.83 bits per heavy atom. The molecule has 4 nitrogen and oxygen atoms in total. The van der Waals surface area contributed by atoms with Gasteiger partial charge >= 0.3 is 0 Å². The van der Waals surface area contributed by atoms with Crippen LogP contribution in [0.5, 0.6) is 0 Å². The highest BCUT2D eigenvalue weighted by atomic mass is 35.5. The highest BCUT2D eigenvalue weighted by molar-refractivity contribution is 6.33. The van der Waals surface area contributed by atoms with Crippen LogP contribution in [0.3, 0.4) is 0 Å². The van der Waals surface area contributed by atoms with Crippen LogP contribution in [0.2, 0.25) is 5.02 Å². The molecular weight excluding hydrogens is 250 g/mol. The summed E-state index contributed by atoms with van der Waals surface area (Å²) in [7, 11) is 2.04. The van der Waals surface area contributed by atoms with Crippen LogP contribution in [-0.2, 0) is 4.79 Å². The summed E-state index contributed by atoms with van der Waals surface area (Å²) in [6.07, 6.45) is 1.35. The van der Waals surface area contributed by atoms with Crippen LogP contribution in [0.25, 0.3) is 0 Å². The fraction of sp³-hybridized carbons (Fsp3) is 0.462. The van der Waals surface area contributed by atoms with E-state index < -0.39 is 0 Å². The summed E-state index contributed by atoms with van der Waals surface area (Å²) in [5.41, 5.74) is 6.82. The summed E-state index contributed by atoms with van der Waals surface area (Å²) in [4.78, 5) is 13.8. The van der Waals surface area contributed by atoms with Crippen molar-refractivity contribution in [1.82, 2.24) is 4.90 Å². The van der Waals surface area contributed by atoms with E-state index in [9.17, 15) is 4.79 Å². The zero-order chi connectivity index (χ0) is 13.5. The number of amides is 1. The number of carbonyl (C=O) groups excluding carboxylic acids is 1. The highest BCUT2D eigenvalue weighted by Gasteiger charge is 2.04. The van der Waals surface area contributed by atoms with Gasteiger partial charge in [0, 0.05) is 12.1 Å². The largest absolute Gasteiger partial charge is 0.397 e. The maximum atomic E-state index is 11.7. The predicted octanol–water partition coefficient (Wildman–Crippen LogP) is 2.59. The van der Waals surface area contributed by atoms with Crippen LogP contribution in [0.4, 0.5) is 11.4 Å². The predicted molar refractivity (Wildman–Crippen MR) is 76.9 cm³/mol. The normalized spacial score (nSPS) is 10.7. The molecule has 0 aromatic heterocycles. The third kappa shape index (κ3) is 4.94. The smallest absolute Gasteiger partial charge is 0.224 e. The van der Waals surface area contributed by atoms with Crippen molar-refractivity contribution in [3.8, 4) is 0 Å². The molecular formula is C13H20ClN3O. The van der Waals surface area contributed by atoms with Crippen molar-refractivity contribution in [2.45, 2.75) is 19.8 Å². The zero-order valence-corrected chi connectivity index (χ0v) is 11.6. The molecule has 0 bridgehead atoms. The first-order valence-electron chi connectivity index (χ1n) is 6.06. The number of nitrogens with two attached hydrogens (primary N) is 1. The number of hydrogen-bond donors (Lipinski definition) is 2. The Hall–Kier alpha value is -1.26. The first-order chi connectivity index (χ1) is 8.52. The van der Waals surface area contributed by atoms with Gasteiger partial charge in [-0.3, -0.25) is 4.79 Å². The summed E-state index contributed by atoms with van der Waals surface area (Å²) in [5, 5.41) is 3.30. The summed E-state index contributed by atoms with van der Waals surface area (Å²) in [6.45, 7) is 4.01. The molecule has 0 radical (unpaired) electrons. The molecule has 100 valence electrons. The lowest BCUT2D eigenvalue weighted by atomic mass is 10.2. The first-order valence-corrected chi connectivity index (χ1v) is 6.44. The number of nitrogen functional groups attached to an aromatic ring is 1. The van der Waals surface area contributed by atoms with Crippen LogP contribution in [0.1, 0.15) is 19.8 Å². The van der Waals surface area contributed by atoms with Crippen LogP contribution < -0.4 is 11.1 Å². The number of nitrogens with zero attached hydrogens (tertiary/aromatic N) is 1. The van der Waals surface area contributed by atoms with E-state index in [4.69, 9.17) is 17.3 Å². The second kappa shape index (κ2) is 7.24. The molecule has 0 aliphatic heterocycles. The van der Waals surface area contributed by atoms with Crippen molar-refractivity contribution in [2.24, 2.45) is 0 Å². The molecule has 0 atom stereocenters. The fourth-order valence-electron chi connectivity index (χ4n) is 1.51. The van der Waals surface area contributed by atoms with E-state index >= 15 is 0 Å². The number of halogens is 1. The lowest BCUT2D eigenvalue weighted by Crippen LogP contribution is -2.20. The molecule has 3 N–H and O–H groups in total. The fourth-order valence-corrected chi connectivity index (χ4v) is 1.63. The van der Waals surface area contributed by atoms with E-state index in [0.29, 0.717) is 22.8 Å². The Morgan fingerprint density at radius 1 is 1.50 bits per heavy atom. The number of carbonyl (C=O) groups is 1. The molecule has 1 aromatic rings. The molecule has 5 heteroatoms. The van der Waals surface area contributed by atoms with Gasteiger partial charge in [0.25, 0.3) is 0 Å². The van der Waals surface area contributed by atoms with Gasteiger partial charge in [0.15, 0.2) is 0 Å². The third-order valence-electron chi connectivity index (χ3n) is 2.76. The highest BCUT2D eigenvalue weighted by Crippen LogP contribution is 2.22. The van der Waals surface area contributed by atoms with Crippen LogP contribution in [-0.4, -0.2) is 30.9 Å². The van der Waals surface area contributed by atoms with E-state index in [1.165, 1.54) is 0 Å². The Kier molecular flexibility index (Phi) is 5.95. The Morgan fingerprint density at radius 2 is 2.22 bits per heavy atom. The zero-order valence-electron chi connectivity index (χ0n) is 10.9. The van der Waals surface area contributed by atoms with Crippen molar-refractivity contribution >= 4 is 28.9 Å². The number of hydrogen-bond acceptors (Lipinski definition) is 3. The molecule has 18 heavy (non-hydrogen) atoms. The SMILES string of the molecule is CCN(C)CCCC(=O)Nc1ccc(Cl)c(N)c1. The van der Waals surface area contributed by atoms with E-state index in [1.54, 1.807) is 18.2 Å². The van der Waals surface area contributed by atoms with Crippen LogP contribution in [0.15, 0.2) is 18.2 Å². The van der Waals surface area contributed by atoms with Gasteiger partial charge in [-0.25, -0.2) is 0 Å². The van der Waals surface area contributed by atoms with Crippen molar-refractivity contribution in [3.05, 3.63) is 23.2 Å². The Balaban J connectivity index is 2.38. The molecule has 0 aliphatic rings. The summed E-state index contributed by atoms with van der Waals surface area (Å²) < 4.78 is 0. The topological polar surface area (TPSA) is 58.4 Å². The van der Waals surface area contributed by atoms with Crippen molar-refractivity contribution < 1.29 is 4.79 Å². The summed E-state index contributed by atoms with van der Waals surface area (Å²) in [6, 6.07) is 5.09. The van der Waals surface area contributed by atoms with Gasteiger partial charge in [-0.15, -0.1) is 0 Å². The number of rotatable bonds is 6. The van der Waals surface area contributed by atoms with Crippen LogP contribution in [0, 0.1) is 0 Å². The van der Waals surface area contributed by atoms with E-state index in [-0.39, 0.29) is 5.91 Å². The van der Waals surface area contributed by atoms with Crippen molar-refractivity contribution in [3.63, 3.8) is 0 Å². The van der Waals surface area contributed by atoms with Gasteiger partial charge in [-0.1, -0.05) is 18.5 Å². The monoisotopic (exact) mass is 269 g/mol. The number of benzene rings is 1. The summed E-state index contributed by atoms with van der Waals surface area (Å²) >= 11 is 5.81. The molecule has 0 heterocycles. The number of anilines is 2. The minimum Gasteiger partial charge on any atom is -0.397 e. The van der Waals surface area contributed by atoms with Gasteiger partial charge < -0.3 is 16.0 Å². The third-order valence-corrected chi connectivity index (χ3v) is 3.11. The molecule has 1 rings (SSSR count). The van der Waals surface area contributed by atoms with Gasteiger partial charge in [0.1, 0.15) is 0 Å². The van der Waals surface area contributed by atoms with Gasteiger partial charge in [0.05, 0.1) is 10.7 Å². The standard InChI is InChI=1S/C13H20ClN3O/c1-3-17(2)8-4-5-13(18)16-10-6-7-11(14)12(15)9-10/h6-7,9H,3-5,8,15H2,1-2H3,(H,16,18). The molecule has 1 amide bonds. The maximum Gasteiger partial charge on any atom is 0.224 e. The summed E-state index contributed by atoms with van der Waals surface area (Å²) in [5.74, 6) is 0.00113. The Bertz CT molecular complexity index is 409. The van der Waals surface area contributed by atoms with E-state index in [0.717, 1.165) is 19.5 Å². The molecule has 0 saturated carbocycles. The maximum absolute atomic E-state index is 11.7.